The van der Waals surface area contributed by atoms with Crippen molar-refractivity contribution < 1.29 is 9.53 Å². The first kappa shape index (κ1) is 13.0. The minimum absolute atomic E-state index is 0.0938. The van der Waals surface area contributed by atoms with Crippen LogP contribution in [-0.4, -0.2) is 37.1 Å². The minimum atomic E-state index is -0.0938. The number of ether oxygens (including phenoxy) is 1. The molecule has 16 heavy (non-hydrogen) atoms. The minimum Gasteiger partial charge on any atom is -0.381 e. The maximum Gasteiger partial charge on any atom is 0.225 e. The number of carbonyl (C=O) groups is 1. The second-order valence-corrected chi connectivity index (χ2v) is 4.29. The van der Waals surface area contributed by atoms with Crippen LogP contribution in [0.2, 0.25) is 0 Å². The zero-order chi connectivity index (χ0) is 12.0. The molecule has 1 amide bonds. The van der Waals surface area contributed by atoms with Crippen molar-refractivity contribution in [2.45, 2.75) is 26.7 Å². The molecule has 1 aliphatic rings. The van der Waals surface area contributed by atoms with E-state index < -0.39 is 0 Å². The number of hydrogen-bond acceptors (Lipinski definition) is 3. The Morgan fingerprint density at radius 1 is 1.56 bits per heavy atom. The molecule has 0 unspecified atom stereocenters. The van der Waals surface area contributed by atoms with Crippen LogP contribution in [0.15, 0.2) is 0 Å². The van der Waals surface area contributed by atoms with E-state index in [0.29, 0.717) is 26.3 Å². The third-order valence-electron chi connectivity index (χ3n) is 2.98. The fraction of sp³-hybridized carbons (Fsp3) is 0.833. The SMILES string of the molecule is CCN(C[C@@H](C)C#N)C(=O)C1CCOCC1. The molecule has 0 aliphatic carbocycles. The molecule has 90 valence electrons. The fourth-order valence-corrected chi connectivity index (χ4v) is 1.95. The van der Waals surface area contributed by atoms with Crippen LogP contribution in [0.4, 0.5) is 0 Å². The first-order valence-corrected chi connectivity index (χ1v) is 5.95. The van der Waals surface area contributed by atoms with Crippen LogP contribution >= 0.6 is 0 Å². The highest BCUT2D eigenvalue weighted by atomic mass is 16.5. The van der Waals surface area contributed by atoms with Gasteiger partial charge in [0.05, 0.1) is 12.0 Å². The average molecular weight is 224 g/mol. The van der Waals surface area contributed by atoms with E-state index in [4.69, 9.17) is 10.00 Å². The summed E-state index contributed by atoms with van der Waals surface area (Å²) in [6.45, 7) is 6.40. The topological polar surface area (TPSA) is 53.3 Å². The molecule has 0 saturated carbocycles. The van der Waals surface area contributed by atoms with E-state index in [9.17, 15) is 4.79 Å². The summed E-state index contributed by atoms with van der Waals surface area (Å²) in [6, 6.07) is 2.17. The summed E-state index contributed by atoms with van der Waals surface area (Å²) in [6.07, 6.45) is 1.63. The molecular weight excluding hydrogens is 204 g/mol. The molecule has 1 saturated heterocycles. The third-order valence-corrected chi connectivity index (χ3v) is 2.98. The van der Waals surface area contributed by atoms with Gasteiger partial charge in [-0.1, -0.05) is 0 Å². The van der Waals surface area contributed by atoms with Crippen LogP contribution in [0.5, 0.6) is 0 Å². The molecule has 4 heteroatoms. The van der Waals surface area contributed by atoms with Gasteiger partial charge in [-0.3, -0.25) is 4.79 Å². The average Bonchev–Trinajstić information content (AvgIpc) is 2.35. The number of nitrogens with zero attached hydrogens (tertiary/aromatic N) is 2. The lowest BCUT2D eigenvalue weighted by atomic mass is 9.98. The summed E-state index contributed by atoms with van der Waals surface area (Å²) in [7, 11) is 0. The number of nitriles is 1. The first-order valence-electron chi connectivity index (χ1n) is 5.95. The van der Waals surface area contributed by atoms with Gasteiger partial charge in [-0.15, -0.1) is 0 Å². The lowest BCUT2D eigenvalue weighted by Crippen LogP contribution is -2.40. The molecule has 1 heterocycles. The van der Waals surface area contributed by atoms with Crippen LogP contribution in [0.25, 0.3) is 0 Å². The quantitative estimate of drug-likeness (QED) is 0.725. The van der Waals surface area contributed by atoms with E-state index in [1.54, 1.807) is 4.90 Å². The van der Waals surface area contributed by atoms with E-state index in [1.165, 1.54) is 0 Å². The van der Waals surface area contributed by atoms with Gasteiger partial charge in [0, 0.05) is 32.2 Å². The monoisotopic (exact) mass is 224 g/mol. The van der Waals surface area contributed by atoms with Gasteiger partial charge >= 0.3 is 0 Å². The maximum absolute atomic E-state index is 12.1. The number of hydrogen-bond donors (Lipinski definition) is 0. The van der Waals surface area contributed by atoms with Crippen molar-refractivity contribution in [3.63, 3.8) is 0 Å². The maximum atomic E-state index is 12.1. The molecule has 1 atom stereocenters. The standard InChI is InChI=1S/C12H20N2O2/c1-3-14(9-10(2)8-13)12(15)11-4-6-16-7-5-11/h10-11H,3-7,9H2,1-2H3/t10-/m0/s1. The van der Waals surface area contributed by atoms with E-state index in [-0.39, 0.29) is 17.7 Å². The Morgan fingerprint density at radius 2 is 2.19 bits per heavy atom. The fourth-order valence-electron chi connectivity index (χ4n) is 1.95. The van der Waals surface area contributed by atoms with E-state index in [1.807, 2.05) is 13.8 Å². The second-order valence-electron chi connectivity index (χ2n) is 4.29. The molecule has 0 radical (unpaired) electrons. The summed E-state index contributed by atoms with van der Waals surface area (Å²) < 4.78 is 5.24. The van der Waals surface area contributed by atoms with E-state index in [0.717, 1.165) is 12.8 Å². The molecule has 0 spiro atoms. The predicted octanol–water partition coefficient (Wildman–Crippen LogP) is 1.42. The third kappa shape index (κ3) is 3.49. The van der Waals surface area contributed by atoms with Gasteiger partial charge in [-0.05, 0) is 26.7 Å². The highest BCUT2D eigenvalue weighted by molar-refractivity contribution is 5.78. The Balaban J connectivity index is 2.51. The predicted molar refractivity (Wildman–Crippen MR) is 60.6 cm³/mol. The van der Waals surface area contributed by atoms with Crippen molar-refractivity contribution in [3.8, 4) is 6.07 Å². The molecule has 1 aliphatic heterocycles. The van der Waals surface area contributed by atoms with Crippen LogP contribution in [0, 0.1) is 23.2 Å². The summed E-state index contributed by atoms with van der Waals surface area (Å²) in [5.74, 6) is 0.191. The Kier molecular flexibility index (Phi) is 5.27. The zero-order valence-electron chi connectivity index (χ0n) is 10.1. The normalized spacial score (nSPS) is 18.8. The molecular formula is C12H20N2O2. The van der Waals surface area contributed by atoms with Crippen molar-refractivity contribution in [2.24, 2.45) is 11.8 Å². The van der Waals surface area contributed by atoms with Gasteiger partial charge in [0.25, 0.3) is 0 Å². The summed E-state index contributed by atoms with van der Waals surface area (Å²) in [4.78, 5) is 13.9. The van der Waals surface area contributed by atoms with Crippen molar-refractivity contribution in [1.29, 1.82) is 5.26 Å². The molecule has 0 N–H and O–H groups in total. The Bertz CT molecular complexity index is 267. The molecule has 1 fully saturated rings. The Morgan fingerprint density at radius 3 is 2.69 bits per heavy atom. The van der Waals surface area contributed by atoms with Crippen molar-refractivity contribution in [1.82, 2.24) is 4.90 Å². The molecule has 0 aromatic carbocycles. The number of rotatable bonds is 4. The summed E-state index contributed by atoms with van der Waals surface area (Å²) in [5.41, 5.74) is 0. The van der Waals surface area contributed by atoms with Gasteiger partial charge < -0.3 is 9.64 Å². The number of amides is 1. The smallest absolute Gasteiger partial charge is 0.225 e. The van der Waals surface area contributed by atoms with Gasteiger partial charge in [-0.2, -0.15) is 5.26 Å². The van der Waals surface area contributed by atoms with Crippen LogP contribution in [0.3, 0.4) is 0 Å². The molecule has 4 nitrogen and oxygen atoms in total. The van der Waals surface area contributed by atoms with Crippen LogP contribution in [-0.2, 0) is 9.53 Å². The van der Waals surface area contributed by atoms with E-state index >= 15 is 0 Å². The second kappa shape index (κ2) is 6.49. The lowest BCUT2D eigenvalue weighted by molar-refractivity contribution is -0.138. The van der Waals surface area contributed by atoms with Crippen LogP contribution < -0.4 is 0 Å². The Labute approximate surface area is 97.2 Å². The summed E-state index contributed by atoms with van der Waals surface area (Å²) >= 11 is 0. The highest BCUT2D eigenvalue weighted by Crippen LogP contribution is 2.18. The van der Waals surface area contributed by atoms with Gasteiger partial charge in [0.2, 0.25) is 5.91 Å². The van der Waals surface area contributed by atoms with Gasteiger partial charge in [-0.25, -0.2) is 0 Å². The Hall–Kier alpha value is -1.08. The van der Waals surface area contributed by atoms with Crippen molar-refractivity contribution in [2.75, 3.05) is 26.3 Å². The molecule has 0 aromatic rings. The van der Waals surface area contributed by atoms with Crippen molar-refractivity contribution in [3.05, 3.63) is 0 Å². The molecule has 0 bridgehead atoms. The zero-order valence-corrected chi connectivity index (χ0v) is 10.1. The van der Waals surface area contributed by atoms with E-state index in [2.05, 4.69) is 6.07 Å². The molecule has 1 rings (SSSR count). The number of carbonyl (C=O) groups excluding carboxylic acids is 1. The largest absolute Gasteiger partial charge is 0.381 e. The van der Waals surface area contributed by atoms with Gasteiger partial charge in [0.1, 0.15) is 0 Å². The highest BCUT2D eigenvalue weighted by Gasteiger charge is 2.26. The van der Waals surface area contributed by atoms with Crippen LogP contribution in [0.1, 0.15) is 26.7 Å². The van der Waals surface area contributed by atoms with Gasteiger partial charge in [0.15, 0.2) is 0 Å². The molecule has 0 aromatic heterocycles. The van der Waals surface area contributed by atoms with Crippen molar-refractivity contribution >= 4 is 5.91 Å². The lowest BCUT2D eigenvalue weighted by Gasteiger charge is -2.29. The summed E-state index contributed by atoms with van der Waals surface area (Å²) in [5, 5.41) is 8.76. The first-order chi connectivity index (χ1) is 7.69.